The lowest BCUT2D eigenvalue weighted by molar-refractivity contribution is 0.0927. The predicted octanol–water partition coefficient (Wildman–Crippen LogP) is 5.65. The van der Waals surface area contributed by atoms with Gasteiger partial charge in [0.1, 0.15) is 23.3 Å². The van der Waals surface area contributed by atoms with E-state index in [0.717, 1.165) is 25.0 Å². The number of fused-ring (bicyclic) bond motifs is 1. The molecule has 1 fully saturated rings. The van der Waals surface area contributed by atoms with E-state index in [0.29, 0.717) is 18.4 Å². The monoisotopic (exact) mass is 584 g/mol. The number of halogens is 3. The first-order valence-corrected chi connectivity index (χ1v) is 13.8. The summed E-state index contributed by atoms with van der Waals surface area (Å²) in [5.74, 6) is -2.63. The van der Waals surface area contributed by atoms with E-state index in [-0.39, 0.29) is 68.5 Å². The molecule has 0 radical (unpaired) electrons. The van der Waals surface area contributed by atoms with Crippen LogP contribution in [0.15, 0.2) is 54.9 Å². The molecule has 0 bridgehead atoms. The highest BCUT2D eigenvalue weighted by molar-refractivity contribution is 5.99. The summed E-state index contributed by atoms with van der Waals surface area (Å²) in [6, 6.07) is 12.1. The summed E-state index contributed by atoms with van der Waals surface area (Å²) >= 11 is 0. The van der Waals surface area contributed by atoms with Crippen molar-refractivity contribution in [2.24, 2.45) is 7.05 Å². The van der Waals surface area contributed by atoms with Gasteiger partial charge in [0.05, 0.1) is 16.8 Å². The quantitative estimate of drug-likeness (QED) is 0.203. The minimum Gasteiger partial charge on any atom is -0.382 e. The molecule has 43 heavy (non-hydrogen) atoms. The normalized spacial score (nSPS) is 16.6. The van der Waals surface area contributed by atoms with E-state index in [4.69, 9.17) is 5.73 Å². The SMILES string of the molecule is Cn1cc(C(=O)N[C@H]2CCC[C@@H](Nc3nc(-c4c[nH]c5c(F)cc(F)cc45)c(C#N)c(-c4ccccc4)c3F)C2)c(N)n1. The minimum atomic E-state index is -0.799. The van der Waals surface area contributed by atoms with Crippen LogP contribution in [-0.4, -0.2) is 37.7 Å². The molecule has 0 spiro atoms. The second-order valence-corrected chi connectivity index (χ2v) is 10.6. The van der Waals surface area contributed by atoms with E-state index >= 15 is 4.39 Å². The molecular formula is C31H27F3N8O. The second-order valence-electron chi connectivity index (χ2n) is 10.6. The highest BCUT2D eigenvalue weighted by Gasteiger charge is 2.29. The Morgan fingerprint density at radius 1 is 1.16 bits per heavy atom. The number of amides is 1. The van der Waals surface area contributed by atoms with Gasteiger partial charge in [-0.2, -0.15) is 10.4 Å². The Balaban J connectivity index is 1.38. The number of pyridine rings is 1. The van der Waals surface area contributed by atoms with Gasteiger partial charge in [-0.05, 0) is 37.3 Å². The first kappa shape index (κ1) is 27.8. The van der Waals surface area contributed by atoms with Gasteiger partial charge in [-0.1, -0.05) is 30.3 Å². The lowest BCUT2D eigenvalue weighted by atomic mass is 9.90. The number of carbonyl (C=O) groups excluding carboxylic acids is 1. The van der Waals surface area contributed by atoms with Crippen molar-refractivity contribution in [1.29, 1.82) is 5.26 Å². The fraction of sp³-hybridized carbons (Fsp3) is 0.226. The maximum Gasteiger partial charge on any atom is 0.256 e. The molecular weight excluding hydrogens is 557 g/mol. The molecule has 2 aromatic carbocycles. The first-order chi connectivity index (χ1) is 20.7. The maximum atomic E-state index is 16.3. The van der Waals surface area contributed by atoms with Crippen LogP contribution < -0.4 is 16.4 Å². The van der Waals surface area contributed by atoms with Crippen LogP contribution in [0.25, 0.3) is 33.3 Å². The molecule has 1 saturated carbocycles. The number of hydrogen-bond donors (Lipinski definition) is 4. The van der Waals surface area contributed by atoms with Crippen LogP contribution >= 0.6 is 0 Å². The Kier molecular flexibility index (Phi) is 7.23. The summed E-state index contributed by atoms with van der Waals surface area (Å²) in [6.07, 6.45) is 5.62. The number of nitrogen functional groups attached to an aromatic ring is 1. The Hall–Kier alpha value is -5.31. The summed E-state index contributed by atoms with van der Waals surface area (Å²) in [5, 5.41) is 20.6. The van der Waals surface area contributed by atoms with Gasteiger partial charge in [-0.3, -0.25) is 9.48 Å². The number of nitrogens with zero attached hydrogens (tertiary/aromatic N) is 4. The number of H-pyrrole nitrogens is 1. The number of rotatable bonds is 6. The summed E-state index contributed by atoms with van der Waals surface area (Å²) in [5.41, 5.74) is 6.92. The Bertz CT molecular complexity index is 1890. The highest BCUT2D eigenvalue weighted by Crippen LogP contribution is 2.39. The van der Waals surface area contributed by atoms with Crippen LogP contribution in [0.1, 0.15) is 41.6 Å². The standard InChI is InChI=1S/C31H27F3N8O/c1-42-15-23(29(36)41-42)31(43)39-19-9-5-8-18(12-19)38-30-26(34)25(16-6-3-2-4-7-16)21(13-35)27(40-30)22-14-37-28-20(22)10-17(32)11-24(28)33/h2-4,6-7,10-11,14-15,18-19,37H,5,8-9,12H2,1H3,(H2,36,41)(H,38,40)(H,39,43)/t18-,19+/m1/s1. The lowest BCUT2D eigenvalue weighted by Gasteiger charge is -2.31. The average molecular weight is 585 g/mol. The van der Waals surface area contributed by atoms with Gasteiger partial charge < -0.3 is 21.4 Å². The average Bonchev–Trinajstić information content (AvgIpc) is 3.56. The van der Waals surface area contributed by atoms with Crippen LogP contribution in [0.5, 0.6) is 0 Å². The lowest BCUT2D eigenvalue weighted by Crippen LogP contribution is -2.42. The van der Waals surface area contributed by atoms with E-state index in [1.54, 1.807) is 43.6 Å². The number of hydrogen-bond acceptors (Lipinski definition) is 6. The molecule has 0 saturated heterocycles. The van der Waals surface area contributed by atoms with E-state index in [9.17, 15) is 18.8 Å². The number of aryl methyl sites for hydroxylation is 1. The third-order valence-electron chi connectivity index (χ3n) is 7.73. The zero-order chi connectivity index (χ0) is 30.2. The van der Waals surface area contributed by atoms with Crippen LogP contribution in [0.4, 0.5) is 24.8 Å². The molecule has 12 heteroatoms. The molecule has 3 heterocycles. The van der Waals surface area contributed by atoms with Crippen LogP contribution in [0.2, 0.25) is 0 Å². The number of nitrogens with two attached hydrogens (primary N) is 1. The molecule has 0 unspecified atom stereocenters. The largest absolute Gasteiger partial charge is 0.382 e. The molecule has 9 nitrogen and oxygen atoms in total. The van der Waals surface area contributed by atoms with E-state index in [2.05, 4.69) is 31.8 Å². The number of aromatic nitrogens is 4. The number of aromatic amines is 1. The van der Waals surface area contributed by atoms with Crippen molar-refractivity contribution < 1.29 is 18.0 Å². The van der Waals surface area contributed by atoms with Crippen molar-refractivity contribution in [3.63, 3.8) is 0 Å². The van der Waals surface area contributed by atoms with Gasteiger partial charge in [0.25, 0.3) is 5.91 Å². The third-order valence-corrected chi connectivity index (χ3v) is 7.73. The maximum absolute atomic E-state index is 16.3. The van der Waals surface area contributed by atoms with Crippen molar-refractivity contribution in [2.75, 3.05) is 11.1 Å². The molecule has 1 aliphatic carbocycles. The molecule has 1 amide bonds. The fourth-order valence-corrected chi connectivity index (χ4v) is 5.78. The molecule has 5 N–H and O–H groups in total. The van der Waals surface area contributed by atoms with Gasteiger partial charge in [-0.25, -0.2) is 18.2 Å². The highest BCUT2D eigenvalue weighted by atomic mass is 19.1. The topological polar surface area (TPSA) is 137 Å². The number of benzene rings is 2. The minimum absolute atomic E-state index is 0.0227. The first-order valence-electron chi connectivity index (χ1n) is 13.8. The van der Waals surface area contributed by atoms with Gasteiger partial charge in [0, 0.05) is 54.1 Å². The molecule has 6 rings (SSSR count). The number of nitrogens with one attached hydrogen (secondary N) is 3. The smallest absolute Gasteiger partial charge is 0.256 e. The van der Waals surface area contributed by atoms with Crippen molar-refractivity contribution in [1.82, 2.24) is 25.1 Å². The molecule has 218 valence electrons. The van der Waals surface area contributed by atoms with Gasteiger partial charge in [0.15, 0.2) is 17.5 Å². The third kappa shape index (κ3) is 5.25. The molecule has 5 aromatic rings. The van der Waals surface area contributed by atoms with Crippen LogP contribution in [0, 0.1) is 28.8 Å². The predicted molar refractivity (Wildman–Crippen MR) is 156 cm³/mol. The van der Waals surface area contributed by atoms with Gasteiger partial charge >= 0.3 is 0 Å². The Morgan fingerprint density at radius 2 is 1.93 bits per heavy atom. The van der Waals surface area contributed by atoms with Crippen molar-refractivity contribution in [2.45, 2.75) is 37.8 Å². The van der Waals surface area contributed by atoms with Crippen LogP contribution in [-0.2, 0) is 7.05 Å². The van der Waals surface area contributed by atoms with Crippen molar-refractivity contribution in [3.8, 4) is 28.5 Å². The van der Waals surface area contributed by atoms with Gasteiger partial charge in [-0.15, -0.1) is 0 Å². The van der Waals surface area contributed by atoms with Gasteiger partial charge in [0.2, 0.25) is 0 Å². The Morgan fingerprint density at radius 3 is 2.65 bits per heavy atom. The number of anilines is 2. The zero-order valence-electron chi connectivity index (χ0n) is 23.1. The number of carbonyl (C=O) groups is 1. The van der Waals surface area contributed by atoms with E-state index in [1.165, 1.54) is 10.9 Å². The van der Waals surface area contributed by atoms with E-state index in [1.807, 2.05) is 0 Å². The zero-order valence-corrected chi connectivity index (χ0v) is 23.1. The fourth-order valence-electron chi connectivity index (χ4n) is 5.78. The summed E-state index contributed by atoms with van der Waals surface area (Å²) in [4.78, 5) is 20.2. The molecule has 0 aliphatic heterocycles. The molecule has 1 aliphatic rings. The Labute approximate surface area is 244 Å². The summed E-state index contributed by atoms with van der Waals surface area (Å²) in [6.45, 7) is 0. The summed E-state index contributed by atoms with van der Waals surface area (Å²) in [7, 11) is 1.67. The van der Waals surface area contributed by atoms with Crippen molar-refractivity contribution >= 4 is 28.4 Å². The molecule has 2 atom stereocenters. The van der Waals surface area contributed by atoms with Crippen LogP contribution in [0.3, 0.4) is 0 Å². The van der Waals surface area contributed by atoms with E-state index < -0.39 is 17.5 Å². The van der Waals surface area contributed by atoms with Crippen molar-refractivity contribution in [3.05, 3.63) is 83.4 Å². The summed E-state index contributed by atoms with van der Waals surface area (Å²) < 4.78 is 46.6. The molecule has 3 aromatic heterocycles. The number of nitriles is 1. The second kappa shape index (κ2) is 11.2.